The lowest BCUT2D eigenvalue weighted by atomic mass is 10.1. The van der Waals surface area contributed by atoms with Crippen LogP contribution in [-0.2, 0) is 19.5 Å². The van der Waals surface area contributed by atoms with Crippen LogP contribution in [0.5, 0.6) is 0 Å². The van der Waals surface area contributed by atoms with Gasteiger partial charge in [0.25, 0.3) is 0 Å². The van der Waals surface area contributed by atoms with E-state index in [2.05, 4.69) is 72.5 Å². The van der Waals surface area contributed by atoms with Crippen molar-refractivity contribution in [1.82, 2.24) is 9.88 Å². The Hall–Kier alpha value is -1.54. The van der Waals surface area contributed by atoms with Gasteiger partial charge in [-0.15, -0.1) is 0 Å². The maximum Gasteiger partial charge on any atom is 0.0260 e. The second-order valence-electron chi connectivity index (χ2n) is 5.52. The van der Waals surface area contributed by atoms with Gasteiger partial charge >= 0.3 is 0 Å². The van der Waals surface area contributed by atoms with Gasteiger partial charge in [0, 0.05) is 25.5 Å². The van der Waals surface area contributed by atoms with Crippen molar-refractivity contribution >= 4 is 0 Å². The van der Waals surface area contributed by atoms with E-state index in [-0.39, 0.29) is 0 Å². The summed E-state index contributed by atoms with van der Waals surface area (Å²) in [5, 5.41) is 3.47. The summed E-state index contributed by atoms with van der Waals surface area (Å²) >= 11 is 0. The summed E-state index contributed by atoms with van der Waals surface area (Å²) in [6.45, 7) is 7.57. The van der Waals surface area contributed by atoms with Gasteiger partial charge in [-0.05, 0) is 36.1 Å². The molecule has 0 aliphatic carbocycles. The third-order valence-corrected chi connectivity index (χ3v) is 3.19. The molecule has 0 saturated carbocycles. The van der Waals surface area contributed by atoms with Crippen LogP contribution in [0.4, 0.5) is 0 Å². The Morgan fingerprint density at radius 1 is 1.05 bits per heavy atom. The van der Waals surface area contributed by atoms with Gasteiger partial charge in [0.2, 0.25) is 0 Å². The summed E-state index contributed by atoms with van der Waals surface area (Å²) in [5.41, 5.74) is 2.77. The van der Waals surface area contributed by atoms with Crippen LogP contribution < -0.4 is 5.32 Å². The lowest BCUT2D eigenvalue weighted by molar-refractivity contribution is 0.552. The van der Waals surface area contributed by atoms with E-state index < -0.39 is 0 Å². The molecule has 0 unspecified atom stereocenters. The zero-order chi connectivity index (χ0) is 13.5. The summed E-state index contributed by atoms with van der Waals surface area (Å²) in [7, 11) is 0. The van der Waals surface area contributed by atoms with E-state index >= 15 is 0 Å². The van der Waals surface area contributed by atoms with Crippen LogP contribution in [0.1, 0.15) is 25.0 Å². The Bertz CT molecular complexity index is 471. The number of aryl methyl sites for hydroxylation is 2. The number of hydrogen-bond donors (Lipinski definition) is 1. The predicted molar refractivity (Wildman–Crippen MR) is 81.1 cm³/mol. The van der Waals surface area contributed by atoms with Crippen LogP contribution >= 0.6 is 0 Å². The summed E-state index contributed by atoms with van der Waals surface area (Å²) < 4.78 is 2.28. The molecule has 0 amide bonds. The topological polar surface area (TPSA) is 17.0 Å². The van der Waals surface area contributed by atoms with Gasteiger partial charge in [-0.2, -0.15) is 0 Å². The van der Waals surface area contributed by atoms with E-state index in [1.165, 1.54) is 11.1 Å². The Balaban J connectivity index is 1.77. The van der Waals surface area contributed by atoms with Gasteiger partial charge in [0.1, 0.15) is 0 Å². The highest BCUT2D eigenvalue weighted by Crippen LogP contribution is 2.05. The molecule has 2 heteroatoms. The van der Waals surface area contributed by atoms with Crippen molar-refractivity contribution in [2.24, 2.45) is 5.92 Å². The van der Waals surface area contributed by atoms with E-state index in [9.17, 15) is 0 Å². The Labute approximate surface area is 116 Å². The smallest absolute Gasteiger partial charge is 0.0260 e. The lowest BCUT2D eigenvalue weighted by Gasteiger charge is -2.06. The molecular formula is C17H24N2. The zero-order valence-corrected chi connectivity index (χ0v) is 12.0. The minimum Gasteiger partial charge on any atom is -0.354 e. The van der Waals surface area contributed by atoms with E-state index in [4.69, 9.17) is 0 Å². The van der Waals surface area contributed by atoms with Gasteiger partial charge in [-0.3, -0.25) is 0 Å². The fraction of sp³-hybridized carbons (Fsp3) is 0.412. The molecule has 0 bridgehead atoms. The Morgan fingerprint density at radius 3 is 2.58 bits per heavy atom. The van der Waals surface area contributed by atoms with E-state index in [1.54, 1.807) is 0 Å². The maximum absolute atomic E-state index is 3.47. The highest BCUT2D eigenvalue weighted by Gasteiger charge is 1.99. The van der Waals surface area contributed by atoms with E-state index in [0.29, 0.717) is 5.92 Å². The molecule has 1 aromatic carbocycles. The third-order valence-electron chi connectivity index (χ3n) is 3.19. The minimum atomic E-state index is 0.708. The number of nitrogens with one attached hydrogen (secondary N) is 1. The molecule has 0 aliphatic heterocycles. The summed E-state index contributed by atoms with van der Waals surface area (Å²) in [4.78, 5) is 0. The fourth-order valence-electron chi connectivity index (χ4n) is 2.14. The molecule has 2 rings (SSSR count). The highest BCUT2D eigenvalue weighted by atomic mass is 14.9. The minimum absolute atomic E-state index is 0.708. The first-order chi connectivity index (χ1) is 9.24. The van der Waals surface area contributed by atoms with Crippen molar-refractivity contribution in [3.63, 3.8) is 0 Å². The van der Waals surface area contributed by atoms with Crippen molar-refractivity contribution < 1.29 is 0 Å². The Morgan fingerprint density at radius 2 is 1.84 bits per heavy atom. The van der Waals surface area contributed by atoms with Gasteiger partial charge in [-0.1, -0.05) is 44.2 Å². The quantitative estimate of drug-likeness (QED) is 0.802. The first kappa shape index (κ1) is 13.9. The molecule has 102 valence electrons. The van der Waals surface area contributed by atoms with Crippen molar-refractivity contribution in [1.29, 1.82) is 0 Å². The van der Waals surface area contributed by atoms with Crippen LogP contribution in [0, 0.1) is 5.92 Å². The molecule has 0 spiro atoms. The van der Waals surface area contributed by atoms with Crippen molar-refractivity contribution in [3.05, 3.63) is 59.9 Å². The monoisotopic (exact) mass is 256 g/mol. The van der Waals surface area contributed by atoms with E-state index in [0.717, 1.165) is 26.1 Å². The molecule has 0 saturated heterocycles. The first-order valence-electron chi connectivity index (χ1n) is 7.13. The number of nitrogens with zero attached hydrogens (tertiary/aromatic N) is 1. The van der Waals surface area contributed by atoms with Gasteiger partial charge in [0.15, 0.2) is 0 Å². The molecule has 19 heavy (non-hydrogen) atoms. The largest absolute Gasteiger partial charge is 0.354 e. The number of benzene rings is 1. The van der Waals surface area contributed by atoms with Crippen LogP contribution in [-0.4, -0.2) is 11.1 Å². The normalized spacial score (nSPS) is 11.1. The second-order valence-corrected chi connectivity index (χ2v) is 5.52. The summed E-state index contributed by atoms with van der Waals surface area (Å²) in [6, 6.07) is 12.9. The van der Waals surface area contributed by atoms with Crippen LogP contribution in [0.2, 0.25) is 0 Å². The zero-order valence-electron chi connectivity index (χ0n) is 12.0. The Kier molecular flexibility index (Phi) is 5.22. The molecule has 1 heterocycles. The molecular weight excluding hydrogens is 232 g/mol. The maximum atomic E-state index is 3.47. The molecule has 2 nitrogen and oxygen atoms in total. The molecule has 0 atom stereocenters. The molecule has 2 aromatic rings. The second kappa shape index (κ2) is 7.15. The first-order valence-corrected chi connectivity index (χ1v) is 7.13. The van der Waals surface area contributed by atoms with Crippen molar-refractivity contribution in [3.8, 4) is 0 Å². The molecule has 1 aromatic heterocycles. The van der Waals surface area contributed by atoms with Crippen LogP contribution in [0.25, 0.3) is 0 Å². The molecule has 0 aliphatic rings. The standard InChI is InChI=1S/C17H24N2/c1-15(2)12-18-13-17-9-11-19(14-17)10-8-16-6-4-3-5-7-16/h3-7,9,11,14-15,18H,8,10,12-13H2,1-2H3. The molecule has 0 fully saturated rings. The summed E-state index contributed by atoms with van der Waals surface area (Å²) in [6.07, 6.45) is 5.51. The number of aromatic nitrogens is 1. The number of rotatable bonds is 7. The highest BCUT2D eigenvalue weighted by molar-refractivity contribution is 5.15. The van der Waals surface area contributed by atoms with Crippen molar-refractivity contribution in [2.75, 3.05) is 6.54 Å². The third kappa shape index (κ3) is 4.92. The van der Waals surface area contributed by atoms with E-state index in [1.807, 2.05) is 0 Å². The predicted octanol–water partition coefficient (Wildman–Crippen LogP) is 3.48. The fourth-order valence-corrected chi connectivity index (χ4v) is 2.14. The summed E-state index contributed by atoms with van der Waals surface area (Å²) in [5.74, 6) is 0.708. The average Bonchev–Trinajstić information content (AvgIpc) is 2.85. The molecule has 1 N–H and O–H groups in total. The van der Waals surface area contributed by atoms with Crippen LogP contribution in [0.3, 0.4) is 0 Å². The lowest BCUT2D eigenvalue weighted by Crippen LogP contribution is -2.18. The van der Waals surface area contributed by atoms with Crippen molar-refractivity contribution in [2.45, 2.75) is 33.4 Å². The molecule has 0 radical (unpaired) electrons. The SMILES string of the molecule is CC(C)CNCc1ccn(CCc2ccccc2)c1. The van der Waals surface area contributed by atoms with Gasteiger partial charge < -0.3 is 9.88 Å². The number of hydrogen-bond acceptors (Lipinski definition) is 1. The van der Waals surface area contributed by atoms with Gasteiger partial charge in [-0.25, -0.2) is 0 Å². The van der Waals surface area contributed by atoms with Crippen LogP contribution in [0.15, 0.2) is 48.8 Å². The van der Waals surface area contributed by atoms with Gasteiger partial charge in [0.05, 0.1) is 0 Å². The average molecular weight is 256 g/mol.